The van der Waals surface area contributed by atoms with Gasteiger partial charge in [-0.15, -0.1) is 0 Å². The number of para-hydroxylation sites is 2. The molecule has 5 nitrogen and oxygen atoms in total. The van der Waals surface area contributed by atoms with E-state index in [1.165, 1.54) is 0 Å². The largest absolute Gasteiger partial charge is 0.309 e. The van der Waals surface area contributed by atoms with E-state index in [-0.39, 0.29) is 0 Å². The van der Waals surface area contributed by atoms with E-state index in [9.17, 15) is 10.5 Å². The number of aromatic nitrogens is 2. The molecule has 0 radical (unpaired) electrons. The average Bonchev–Trinajstić information content (AvgIpc) is 3.70. The first-order chi connectivity index (χ1) is 24.7. The molecule has 50 heavy (non-hydrogen) atoms. The molecule has 0 spiro atoms. The fourth-order valence-corrected chi connectivity index (χ4v) is 7.38. The summed E-state index contributed by atoms with van der Waals surface area (Å²) in [4.78, 5) is 3.67. The van der Waals surface area contributed by atoms with Gasteiger partial charge in [-0.3, -0.25) is 0 Å². The van der Waals surface area contributed by atoms with Gasteiger partial charge in [-0.1, -0.05) is 84.9 Å². The maximum atomic E-state index is 9.97. The third-order valence-corrected chi connectivity index (χ3v) is 9.60. The first-order valence-corrected chi connectivity index (χ1v) is 16.3. The van der Waals surface area contributed by atoms with E-state index < -0.39 is 0 Å². The van der Waals surface area contributed by atoms with Gasteiger partial charge in [-0.05, 0) is 88.8 Å². The Morgan fingerprint density at radius 1 is 0.500 bits per heavy atom. The molecule has 2 heterocycles. The summed E-state index contributed by atoms with van der Waals surface area (Å²) in [7, 11) is 0. The third kappa shape index (κ3) is 4.38. The number of nitrogens with zero attached hydrogens (tertiary/aromatic N) is 5. The van der Waals surface area contributed by atoms with Crippen LogP contribution in [0.5, 0.6) is 0 Å². The summed E-state index contributed by atoms with van der Waals surface area (Å²) in [5.74, 6) is 0. The van der Waals surface area contributed by atoms with Crippen molar-refractivity contribution in [3.05, 3.63) is 174 Å². The average molecular weight is 636 g/mol. The molecule has 0 N–H and O–H groups in total. The Morgan fingerprint density at radius 2 is 1.20 bits per heavy atom. The van der Waals surface area contributed by atoms with E-state index in [2.05, 4.69) is 105 Å². The number of hydrogen-bond acceptors (Lipinski definition) is 2. The lowest BCUT2D eigenvalue weighted by molar-refractivity contribution is 1.18. The zero-order valence-electron chi connectivity index (χ0n) is 26.7. The molecule has 0 aliphatic carbocycles. The summed E-state index contributed by atoms with van der Waals surface area (Å²) < 4.78 is 4.46. The van der Waals surface area contributed by atoms with Gasteiger partial charge in [0.05, 0.1) is 57.6 Å². The molecule has 0 aliphatic heterocycles. The van der Waals surface area contributed by atoms with E-state index in [4.69, 9.17) is 6.57 Å². The SMILES string of the molecule is [C-]#[N+]c1ccc2c(c1)c1ccccc1n2-c1cccc(-c2ccc(-c3cc(C#N)ccc3-n3c4ccccc4c4c(C#N)cccc43)cc2)c1. The van der Waals surface area contributed by atoms with Crippen molar-refractivity contribution in [2.24, 2.45) is 0 Å². The molecular weight excluding hydrogens is 611 g/mol. The summed E-state index contributed by atoms with van der Waals surface area (Å²) in [5.41, 5.74) is 12.0. The van der Waals surface area contributed by atoms with E-state index in [0.717, 1.165) is 77.2 Å². The van der Waals surface area contributed by atoms with Crippen LogP contribution in [0.4, 0.5) is 5.69 Å². The first-order valence-electron chi connectivity index (χ1n) is 16.3. The fraction of sp³-hybridized carbons (Fsp3) is 0. The van der Waals surface area contributed by atoms with Gasteiger partial charge in [0.15, 0.2) is 5.69 Å². The maximum Gasteiger partial charge on any atom is 0.188 e. The predicted molar refractivity (Wildman–Crippen MR) is 202 cm³/mol. The fourth-order valence-electron chi connectivity index (χ4n) is 7.38. The summed E-state index contributed by atoms with van der Waals surface area (Å²) in [5, 5.41) is 24.0. The maximum absolute atomic E-state index is 9.97. The van der Waals surface area contributed by atoms with Gasteiger partial charge in [0.25, 0.3) is 0 Å². The Bertz CT molecular complexity index is 2960. The van der Waals surface area contributed by atoms with Crippen LogP contribution in [-0.4, -0.2) is 9.13 Å². The Kier molecular flexibility index (Phi) is 6.56. The van der Waals surface area contributed by atoms with Crippen molar-refractivity contribution in [1.82, 2.24) is 9.13 Å². The highest BCUT2D eigenvalue weighted by atomic mass is 15.0. The molecule has 0 bridgehead atoms. The summed E-state index contributed by atoms with van der Waals surface area (Å²) in [6.07, 6.45) is 0. The zero-order chi connectivity index (χ0) is 33.8. The zero-order valence-corrected chi connectivity index (χ0v) is 26.7. The van der Waals surface area contributed by atoms with Crippen molar-refractivity contribution >= 4 is 49.3 Å². The Hall–Kier alpha value is -7.39. The van der Waals surface area contributed by atoms with Crippen LogP contribution in [0.15, 0.2) is 152 Å². The van der Waals surface area contributed by atoms with Crippen molar-refractivity contribution in [3.63, 3.8) is 0 Å². The van der Waals surface area contributed by atoms with Crippen LogP contribution < -0.4 is 0 Å². The number of hydrogen-bond donors (Lipinski definition) is 0. The van der Waals surface area contributed by atoms with Crippen LogP contribution in [0.2, 0.25) is 0 Å². The van der Waals surface area contributed by atoms with Gasteiger partial charge in [0, 0.05) is 27.4 Å². The molecule has 0 atom stereocenters. The number of fused-ring (bicyclic) bond motifs is 6. The Balaban J connectivity index is 1.17. The smallest absolute Gasteiger partial charge is 0.188 e. The van der Waals surface area contributed by atoms with Crippen LogP contribution in [0.1, 0.15) is 11.1 Å². The van der Waals surface area contributed by atoms with Crippen molar-refractivity contribution in [1.29, 1.82) is 10.5 Å². The van der Waals surface area contributed by atoms with E-state index in [1.807, 2.05) is 72.8 Å². The summed E-state index contributed by atoms with van der Waals surface area (Å²) >= 11 is 0. The molecule has 0 unspecified atom stereocenters. The van der Waals surface area contributed by atoms with Crippen molar-refractivity contribution in [2.75, 3.05) is 0 Å². The Labute approximate surface area is 288 Å². The minimum Gasteiger partial charge on any atom is -0.309 e. The molecule has 0 aliphatic rings. The number of nitriles is 2. The molecule has 9 rings (SSSR count). The minimum atomic E-state index is 0.578. The molecule has 7 aromatic carbocycles. The first kappa shape index (κ1) is 28.8. The highest BCUT2D eigenvalue weighted by Crippen LogP contribution is 2.39. The second-order valence-corrected chi connectivity index (χ2v) is 12.3. The lowest BCUT2D eigenvalue weighted by Crippen LogP contribution is -1.98. The molecule has 0 fully saturated rings. The third-order valence-electron chi connectivity index (χ3n) is 9.60. The second-order valence-electron chi connectivity index (χ2n) is 12.3. The molecule has 5 heteroatoms. The quantitative estimate of drug-likeness (QED) is 0.181. The Morgan fingerprint density at radius 3 is 1.98 bits per heavy atom. The highest BCUT2D eigenvalue weighted by Gasteiger charge is 2.18. The van der Waals surface area contributed by atoms with Gasteiger partial charge < -0.3 is 9.13 Å². The number of rotatable bonds is 4. The molecule has 9 aromatic rings. The van der Waals surface area contributed by atoms with Crippen LogP contribution >= 0.6 is 0 Å². The van der Waals surface area contributed by atoms with Gasteiger partial charge in [0.2, 0.25) is 0 Å². The molecule has 2 aromatic heterocycles. The van der Waals surface area contributed by atoms with Crippen LogP contribution in [0.3, 0.4) is 0 Å². The van der Waals surface area contributed by atoms with Crippen molar-refractivity contribution in [3.8, 4) is 45.8 Å². The van der Waals surface area contributed by atoms with Crippen LogP contribution in [0, 0.1) is 29.2 Å². The van der Waals surface area contributed by atoms with Crippen LogP contribution in [0.25, 0.3) is 82.1 Å². The second kappa shape index (κ2) is 11.4. The molecule has 230 valence electrons. The van der Waals surface area contributed by atoms with Gasteiger partial charge in [0.1, 0.15) is 0 Å². The van der Waals surface area contributed by atoms with Gasteiger partial charge >= 0.3 is 0 Å². The molecule has 0 saturated carbocycles. The van der Waals surface area contributed by atoms with Crippen molar-refractivity contribution in [2.45, 2.75) is 0 Å². The monoisotopic (exact) mass is 635 g/mol. The standard InChI is InChI=1S/C45H25N5/c1-48-34-21-23-43-39(26-34)36-11-2-4-13-40(36)49(43)35-10-6-8-32(25-35)30-17-19-31(20-18-30)38-24-29(27-46)16-22-42(38)50-41-14-5-3-12-37(41)45-33(28-47)9-7-15-44(45)50/h2-26H. The van der Waals surface area contributed by atoms with E-state index >= 15 is 0 Å². The topological polar surface area (TPSA) is 61.8 Å². The summed E-state index contributed by atoms with van der Waals surface area (Å²) in [6.45, 7) is 7.53. The van der Waals surface area contributed by atoms with Gasteiger partial charge in [-0.25, -0.2) is 4.85 Å². The van der Waals surface area contributed by atoms with E-state index in [0.29, 0.717) is 16.8 Å². The predicted octanol–water partition coefficient (Wildman–Crippen LogP) is 11.5. The highest BCUT2D eigenvalue weighted by molar-refractivity contribution is 6.12. The van der Waals surface area contributed by atoms with Gasteiger partial charge in [-0.2, -0.15) is 10.5 Å². The lowest BCUT2D eigenvalue weighted by Gasteiger charge is -2.15. The van der Waals surface area contributed by atoms with Crippen LogP contribution in [-0.2, 0) is 0 Å². The summed E-state index contributed by atoms with van der Waals surface area (Å²) in [6, 6.07) is 55.7. The normalized spacial score (nSPS) is 11.1. The molecular formula is C45H25N5. The minimum absolute atomic E-state index is 0.578. The lowest BCUT2D eigenvalue weighted by atomic mass is 9.97. The molecule has 0 saturated heterocycles. The van der Waals surface area contributed by atoms with E-state index in [1.54, 1.807) is 0 Å². The molecule has 0 amide bonds. The number of benzene rings is 7. The van der Waals surface area contributed by atoms with Crippen molar-refractivity contribution < 1.29 is 0 Å².